The van der Waals surface area contributed by atoms with Gasteiger partial charge >= 0.3 is 39.5 Å². The molecule has 3 N–H and O–H groups in total. The first-order valence-electron chi connectivity index (χ1n) is 41.1. The maximum Gasteiger partial charge on any atom is 0.472 e. The zero-order valence-electron chi connectivity index (χ0n) is 63.9. The number of phosphoric acid groups is 2. The first-order valence-corrected chi connectivity index (χ1v) is 44.1. The van der Waals surface area contributed by atoms with Gasteiger partial charge in [-0.25, -0.2) is 9.13 Å². The largest absolute Gasteiger partial charge is 0.472 e. The highest BCUT2D eigenvalue weighted by Gasteiger charge is 2.30. The van der Waals surface area contributed by atoms with Gasteiger partial charge in [-0.3, -0.25) is 37.3 Å². The molecule has 0 aromatic carbocycles. The lowest BCUT2D eigenvalue weighted by atomic mass is 10.0. The van der Waals surface area contributed by atoms with Crippen molar-refractivity contribution in [1.29, 1.82) is 0 Å². The number of carbonyl (C=O) groups is 4. The smallest absolute Gasteiger partial charge is 0.462 e. The molecule has 582 valence electrons. The van der Waals surface area contributed by atoms with Gasteiger partial charge < -0.3 is 33.8 Å². The zero-order valence-corrected chi connectivity index (χ0v) is 65.7. The minimum absolute atomic E-state index is 0.107. The highest BCUT2D eigenvalue weighted by molar-refractivity contribution is 7.47. The van der Waals surface area contributed by atoms with Crippen molar-refractivity contribution >= 4 is 39.5 Å². The highest BCUT2D eigenvalue weighted by Crippen LogP contribution is 2.45. The summed E-state index contributed by atoms with van der Waals surface area (Å²) in [6.45, 7) is 7.30. The molecule has 0 fully saturated rings. The van der Waals surface area contributed by atoms with Crippen LogP contribution in [0, 0.1) is 5.92 Å². The molecule has 0 spiro atoms. The fourth-order valence-corrected chi connectivity index (χ4v) is 13.8. The van der Waals surface area contributed by atoms with Gasteiger partial charge in [0.05, 0.1) is 26.4 Å². The summed E-state index contributed by atoms with van der Waals surface area (Å²) in [5.74, 6) is -1.36. The molecule has 0 bridgehead atoms. The van der Waals surface area contributed by atoms with Crippen molar-refractivity contribution in [3.63, 3.8) is 0 Å². The van der Waals surface area contributed by atoms with Crippen LogP contribution in [0.1, 0.15) is 420 Å². The molecule has 17 nitrogen and oxygen atoms in total. The first kappa shape index (κ1) is 96.1. The Labute approximate surface area is 600 Å². The molecule has 98 heavy (non-hydrogen) atoms. The Kier molecular flexibility index (Phi) is 70.6. The summed E-state index contributed by atoms with van der Waals surface area (Å²) < 4.78 is 68.6. The Morgan fingerprint density at radius 1 is 0.276 bits per heavy atom. The van der Waals surface area contributed by atoms with E-state index < -0.39 is 97.5 Å². The quantitative estimate of drug-likeness (QED) is 0.0222. The van der Waals surface area contributed by atoms with Gasteiger partial charge in [0.15, 0.2) is 12.2 Å². The highest BCUT2D eigenvalue weighted by atomic mass is 31.2. The van der Waals surface area contributed by atoms with E-state index in [1.807, 2.05) is 0 Å². The van der Waals surface area contributed by atoms with Gasteiger partial charge in [-0.15, -0.1) is 0 Å². The maximum absolute atomic E-state index is 13.1. The van der Waals surface area contributed by atoms with E-state index in [0.29, 0.717) is 25.7 Å². The van der Waals surface area contributed by atoms with Crippen molar-refractivity contribution in [1.82, 2.24) is 0 Å². The zero-order chi connectivity index (χ0) is 71.9. The van der Waals surface area contributed by atoms with Crippen molar-refractivity contribution < 1.29 is 80.2 Å². The lowest BCUT2D eigenvalue weighted by Crippen LogP contribution is -2.30. The normalized spacial score (nSPS) is 13.9. The van der Waals surface area contributed by atoms with Gasteiger partial charge in [-0.05, 0) is 31.6 Å². The summed E-state index contributed by atoms with van der Waals surface area (Å²) in [6.07, 6.45) is 62.4. The average Bonchev–Trinajstić information content (AvgIpc) is 1.20. The molecule has 0 saturated carbocycles. The molecule has 0 amide bonds. The van der Waals surface area contributed by atoms with Crippen LogP contribution in [0.15, 0.2) is 0 Å². The van der Waals surface area contributed by atoms with E-state index in [-0.39, 0.29) is 25.7 Å². The molecule has 0 rings (SSSR count). The third-order valence-electron chi connectivity index (χ3n) is 18.5. The summed E-state index contributed by atoms with van der Waals surface area (Å²) >= 11 is 0. The maximum atomic E-state index is 13.1. The first-order chi connectivity index (χ1) is 47.5. The summed E-state index contributed by atoms with van der Waals surface area (Å²) in [6, 6.07) is 0. The Balaban J connectivity index is 5.21. The van der Waals surface area contributed by atoms with Crippen LogP contribution in [0.25, 0.3) is 0 Å². The molecule has 5 atom stereocenters. The van der Waals surface area contributed by atoms with E-state index in [2.05, 4.69) is 34.6 Å². The average molecular weight is 1440 g/mol. The Morgan fingerprint density at radius 3 is 0.694 bits per heavy atom. The topological polar surface area (TPSA) is 237 Å². The van der Waals surface area contributed by atoms with E-state index >= 15 is 0 Å². The number of aliphatic hydroxyl groups excluding tert-OH is 1. The van der Waals surface area contributed by atoms with Crippen LogP contribution in [0.2, 0.25) is 0 Å². The monoisotopic (exact) mass is 1440 g/mol. The van der Waals surface area contributed by atoms with Crippen molar-refractivity contribution in [2.45, 2.75) is 438 Å². The fourth-order valence-electron chi connectivity index (χ4n) is 12.2. The van der Waals surface area contributed by atoms with Gasteiger partial charge in [-0.1, -0.05) is 369 Å². The second-order valence-corrected chi connectivity index (χ2v) is 31.8. The third kappa shape index (κ3) is 72.4. The molecular weight excluding hydrogens is 1280 g/mol. The number of esters is 4. The molecule has 0 aliphatic heterocycles. The second kappa shape index (κ2) is 72.0. The number of aliphatic hydroxyl groups is 1. The molecule has 0 aliphatic rings. The number of carbonyl (C=O) groups excluding carboxylic acids is 4. The molecular formula is C79H154O17P2. The minimum atomic E-state index is -4.96. The number of unbranched alkanes of at least 4 members (excludes halogenated alkanes) is 51. The van der Waals surface area contributed by atoms with Gasteiger partial charge in [-0.2, -0.15) is 0 Å². The molecule has 2 unspecified atom stereocenters. The Bertz CT molecular complexity index is 1870. The van der Waals surface area contributed by atoms with E-state index in [1.165, 1.54) is 244 Å². The Hall–Kier alpha value is -1.94. The van der Waals surface area contributed by atoms with Crippen molar-refractivity contribution in [3.8, 4) is 0 Å². The predicted octanol–water partition coefficient (Wildman–Crippen LogP) is 23.6. The molecule has 0 aliphatic carbocycles. The molecule has 0 radical (unpaired) electrons. The molecule has 0 aromatic heterocycles. The van der Waals surface area contributed by atoms with Gasteiger partial charge in [0.2, 0.25) is 0 Å². The van der Waals surface area contributed by atoms with Crippen LogP contribution in [0.3, 0.4) is 0 Å². The summed E-state index contributed by atoms with van der Waals surface area (Å²) in [5.41, 5.74) is 0. The molecule has 0 aromatic rings. The SMILES string of the molecule is CCCCCCCCCCCCCCCCCCCCCCCC(=O)O[C@H](COC(=O)CCCCCCCCCCCCCCCC)COP(=O)(O)OC[C@@H](O)COP(=O)(O)OC[C@@H](COC(=O)CCCCCCCCCCCC)OC(=O)CCCCCCCCCCCCC(C)C. The summed E-state index contributed by atoms with van der Waals surface area (Å²) in [5, 5.41) is 10.6. The van der Waals surface area contributed by atoms with E-state index in [9.17, 15) is 43.2 Å². The van der Waals surface area contributed by atoms with E-state index in [0.717, 1.165) is 95.8 Å². The lowest BCUT2D eigenvalue weighted by molar-refractivity contribution is -0.161. The third-order valence-corrected chi connectivity index (χ3v) is 20.4. The van der Waals surface area contributed by atoms with E-state index in [1.54, 1.807) is 0 Å². The van der Waals surface area contributed by atoms with Gasteiger partial charge in [0.1, 0.15) is 19.3 Å². The standard InChI is InChI=1S/C79H154O17P2/c1-6-9-12-15-18-21-24-26-28-29-30-31-32-33-34-36-38-44-49-54-59-64-78(83)95-75(69-90-77(82)63-58-53-48-43-37-35-27-25-22-19-16-13-10-7-2)71-94-98(87,88)92-67-73(80)66-91-97(85,86)93-70-74(68-89-76(81)62-57-52-47-42-23-20-17-14-11-8-3)96-79(84)65-60-55-50-45-40-39-41-46-51-56-61-72(4)5/h72-75,80H,6-71H2,1-5H3,(H,85,86)(H,87,88)/t73-,74+,75+/m0/s1. The molecule has 0 heterocycles. The second-order valence-electron chi connectivity index (χ2n) is 28.9. The van der Waals surface area contributed by atoms with Crippen LogP contribution in [0.4, 0.5) is 0 Å². The molecule has 19 heteroatoms. The molecule has 0 saturated heterocycles. The number of hydrogen-bond acceptors (Lipinski definition) is 15. The summed E-state index contributed by atoms with van der Waals surface area (Å²) in [4.78, 5) is 72.9. The summed E-state index contributed by atoms with van der Waals surface area (Å²) in [7, 11) is -9.91. The van der Waals surface area contributed by atoms with Crippen LogP contribution >= 0.6 is 15.6 Å². The van der Waals surface area contributed by atoms with Crippen molar-refractivity contribution in [2.24, 2.45) is 5.92 Å². The van der Waals surface area contributed by atoms with E-state index in [4.69, 9.17) is 37.0 Å². The lowest BCUT2D eigenvalue weighted by Gasteiger charge is -2.21. The number of rotatable bonds is 79. The van der Waals surface area contributed by atoms with Crippen LogP contribution in [0.5, 0.6) is 0 Å². The van der Waals surface area contributed by atoms with Crippen LogP contribution in [-0.2, 0) is 65.4 Å². The van der Waals surface area contributed by atoms with Crippen molar-refractivity contribution in [2.75, 3.05) is 39.6 Å². The fraction of sp³-hybridized carbons (Fsp3) is 0.949. The predicted molar refractivity (Wildman–Crippen MR) is 400 cm³/mol. The van der Waals surface area contributed by atoms with Crippen LogP contribution < -0.4 is 0 Å². The van der Waals surface area contributed by atoms with Crippen LogP contribution in [-0.4, -0.2) is 96.7 Å². The van der Waals surface area contributed by atoms with Crippen molar-refractivity contribution in [3.05, 3.63) is 0 Å². The Morgan fingerprint density at radius 2 is 0.469 bits per heavy atom. The van der Waals surface area contributed by atoms with Gasteiger partial charge in [0, 0.05) is 25.7 Å². The number of ether oxygens (including phenoxy) is 4. The minimum Gasteiger partial charge on any atom is -0.462 e. The van der Waals surface area contributed by atoms with Gasteiger partial charge in [0.25, 0.3) is 0 Å². The number of phosphoric ester groups is 2. The number of hydrogen-bond donors (Lipinski definition) is 3.